The van der Waals surface area contributed by atoms with Crippen molar-refractivity contribution in [3.05, 3.63) is 125 Å². The molecule has 0 aromatic heterocycles. The summed E-state index contributed by atoms with van der Waals surface area (Å²) < 4.78 is 14.6. The Labute approximate surface area is 220 Å². The molecule has 0 radical (unpaired) electrons. The van der Waals surface area contributed by atoms with Crippen LogP contribution >= 0.6 is 11.8 Å². The highest BCUT2D eigenvalue weighted by molar-refractivity contribution is 7.99. The van der Waals surface area contributed by atoms with Crippen LogP contribution in [0.5, 0.6) is 0 Å². The van der Waals surface area contributed by atoms with E-state index in [0.29, 0.717) is 22.4 Å². The van der Waals surface area contributed by atoms with Crippen molar-refractivity contribution < 1.29 is 14.0 Å². The van der Waals surface area contributed by atoms with Gasteiger partial charge in [-0.2, -0.15) is 0 Å². The van der Waals surface area contributed by atoms with E-state index in [2.05, 4.69) is 17.4 Å². The van der Waals surface area contributed by atoms with Crippen LogP contribution in [0.25, 0.3) is 0 Å². The number of carbonyl (C=O) groups is 2. The Hall–Kier alpha value is -3.90. The van der Waals surface area contributed by atoms with Crippen LogP contribution in [0.3, 0.4) is 0 Å². The molecular formula is C31H27FN2O2S. The van der Waals surface area contributed by atoms with Crippen LogP contribution in [-0.4, -0.2) is 17.9 Å². The lowest BCUT2D eigenvalue weighted by Gasteiger charge is -2.24. The minimum absolute atomic E-state index is 0.0266. The van der Waals surface area contributed by atoms with Crippen molar-refractivity contribution in [2.24, 2.45) is 0 Å². The molecule has 0 spiro atoms. The van der Waals surface area contributed by atoms with Crippen LogP contribution in [0, 0.1) is 5.82 Å². The Balaban J connectivity index is 1.42. The van der Waals surface area contributed by atoms with Crippen molar-refractivity contribution in [3.63, 3.8) is 0 Å². The summed E-state index contributed by atoms with van der Waals surface area (Å²) in [6.07, 6.45) is 1.68. The lowest BCUT2D eigenvalue weighted by molar-refractivity contribution is 0.0935. The number of rotatable bonds is 7. The predicted molar refractivity (Wildman–Crippen MR) is 146 cm³/mol. The summed E-state index contributed by atoms with van der Waals surface area (Å²) in [5.41, 5.74) is 3.26. The first-order chi connectivity index (χ1) is 18.0. The molecule has 6 heteroatoms. The fraction of sp³-hybridized carbons (Fsp3) is 0.161. The number of nitrogens with one attached hydrogen (secondary N) is 1. The van der Waals surface area contributed by atoms with Crippen molar-refractivity contribution in [1.82, 2.24) is 5.32 Å². The molecule has 4 aromatic rings. The topological polar surface area (TPSA) is 49.4 Å². The van der Waals surface area contributed by atoms with Crippen LogP contribution in [0.4, 0.5) is 10.1 Å². The Morgan fingerprint density at radius 2 is 1.65 bits per heavy atom. The second-order valence-corrected chi connectivity index (χ2v) is 10.2. The van der Waals surface area contributed by atoms with Gasteiger partial charge in [0.1, 0.15) is 5.82 Å². The molecule has 1 aliphatic heterocycles. The van der Waals surface area contributed by atoms with Gasteiger partial charge in [-0.3, -0.25) is 9.59 Å². The van der Waals surface area contributed by atoms with E-state index >= 15 is 0 Å². The van der Waals surface area contributed by atoms with Gasteiger partial charge < -0.3 is 10.2 Å². The SMILES string of the molecule is C[C@@H](CCc1ccccc1)NC(=O)c1ccc2c(c1)N(Cc1ccccc1F)C(=O)c1ccccc1S2. The molecule has 1 atom stereocenters. The van der Waals surface area contributed by atoms with Gasteiger partial charge in [0.05, 0.1) is 17.8 Å². The number of carbonyl (C=O) groups excluding carboxylic acids is 2. The van der Waals surface area contributed by atoms with Gasteiger partial charge >= 0.3 is 0 Å². The second-order valence-electron chi connectivity index (χ2n) is 9.16. The minimum Gasteiger partial charge on any atom is -0.350 e. The van der Waals surface area contributed by atoms with Gasteiger partial charge in [0.2, 0.25) is 0 Å². The van der Waals surface area contributed by atoms with E-state index in [1.807, 2.05) is 49.4 Å². The fourth-order valence-electron chi connectivity index (χ4n) is 4.42. The summed E-state index contributed by atoms with van der Waals surface area (Å²) in [6.45, 7) is 2.05. The zero-order valence-corrected chi connectivity index (χ0v) is 21.3. The Bertz CT molecular complexity index is 1440. The molecule has 186 valence electrons. The number of aryl methyl sites for hydroxylation is 1. The lowest BCUT2D eigenvalue weighted by atomic mass is 10.1. The smallest absolute Gasteiger partial charge is 0.259 e. The number of amides is 2. The largest absolute Gasteiger partial charge is 0.350 e. The summed E-state index contributed by atoms with van der Waals surface area (Å²) in [5.74, 6) is -0.796. The van der Waals surface area contributed by atoms with Gasteiger partial charge in [-0.25, -0.2) is 4.39 Å². The molecule has 0 fully saturated rings. The van der Waals surface area contributed by atoms with Crippen LogP contribution in [0.1, 0.15) is 45.2 Å². The number of benzene rings is 4. The van der Waals surface area contributed by atoms with Gasteiger partial charge in [-0.1, -0.05) is 72.4 Å². The molecule has 4 aromatic carbocycles. The molecule has 0 bridgehead atoms. The van der Waals surface area contributed by atoms with E-state index in [1.165, 1.54) is 23.4 Å². The molecule has 0 saturated carbocycles. The normalized spacial score (nSPS) is 13.4. The van der Waals surface area contributed by atoms with Crippen molar-refractivity contribution in [2.75, 3.05) is 4.90 Å². The third-order valence-corrected chi connectivity index (χ3v) is 7.61. The molecule has 37 heavy (non-hydrogen) atoms. The average molecular weight is 511 g/mol. The monoisotopic (exact) mass is 510 g/mol. The van der Waals surface area contributed by atoms with E-state index in [0.717, 1.165) is 22.6 Å². The third-order valence-electron chi connectivity index (χ3n) is 6.47. The van der Waals surface area contributed by atoms with Crippen LogP contribution < -0.4 is 10.2 Å². The molecular weight excluding hydrogens is 483 g/mol. The highest BCUT2D eigenvalue weighted by Gasteiger charge is 2.29. The molecule has 4 nitrogen and oxygen atoms in total. The zero-order chi connectivity index (χ0) is 25.8. The van der Waals surface area contributed by atoms with Crippen molar-refractivity contribution in [3.8, 4) is 0 Å². The molecule has 5 rings (SSSR count). The predicted octanol–water partition coefficient (Wildman–Crippen LogP) is 6.89. The number of hydrogen-bond acceptors (Lipinski definition) is 3. The Morgan fingerprint density at radius 3 is 2.46 bits per heavy atom. The van der Waals surface area contributed by atoms with E-state index in [4.69, 9.17) is 0 Å². The summed E-state index contributed by atoms with van der Waals surface area (Å²) in [5, 5.41) is 3.08. The summed E-state index contributed by atoms with van der Waals surface area (Å²) in [7, 11) is 0. The van der Waals surface area contributed by atoms with Crippen molar-refractivity contribution >= 4 is 29.3 Å². The highest BCUT2D eigenvalue weighted by atomic mass is 32.2. The molecule has 0 aliphatic carbocycles. The second kappa shape index (κ2) is 11.0. The molecule has 2 amide bonds. The van der Waals surface area contributed by atoms with Crippen LogP contribution in [0.2, 0.25) is 0 Å². The minimum atomic E-state index is -0.372. The van der Waals surface area contributed by atoms with Crippen molar-refractivity contribution in [1.29, 1.82) is 0 Å². The van der Waals surface area contributed by atoms with E-state index < -0.39 is 0 Å². The quantitative estimate of drug-likeness (QED) is 0.295. The molecule has 1 aliphatic rings. The highest BCUT2D eigenvalue weighted by Crippen LogP contribution is 2.42. The lowest BCUT2D eigenvalue weighted by Crippen LogP contribution is -2.34. The van der Waals surface area contributed by atoms with Crippen molar-refractivity contribution in [2.45, 2.75) is 42.1 Å². The fourth-order valence-corrected chi connectivity index (χ4v) is 5.48. The number of hydrogen-bond donors (Lipinski definition) is 1. The van der Waals surface area contributed by atoms with Gasteiger partial charge in [0.25, 0.3) is 11.8 Å². The maximum Gasteiger partial charge on any atom is 0.259 e. The first kappa shape index (κ1) is 24.8. The standard InChI is InChI=1S/C31H27FN2O2S/c1-21(15-16-22-9-3-2-4-10-22)33-30(35)23-17-18-29-27(19-23)34(20-24-11-5-7-13-26(24)32)31(36)25-12-6-8-14-28(25)37-29/h2-14,17-19,21H,15-16,20H2,1H3,(H,33,35)/t21-/m0/s1. The molecule has 0 saturated heterocycles. The number of halogens is 1. The summed E-state index contributed by atoms with van der Waals surface area (Å²) in [6, 6.07) is 29.4. The first-order valence-corrected chi connectivity index (χ1v) is 13.1. The van der Waals surface area contributed by atoms with E-state index in [-0.39, 0.29) is 30.2 Å². The average Bonchev–Trinajstić information content (AvgIpc) is 3.03. The summed E-state index contributed by atoms with van der Waals surface area (Å²) in [4.78, 5) is 30.1. The van der Waals surface area contributed by atoms with E-state index in [9.17, 15) is 14.0 Å². The first-order valence-electron chi connectivity index (χ1n) is 12.3. The molecule has 1 heterocycles. The van der Waals surface area contributed by atoms with Crippen LogP contribution in [-0.2, 0) is 13.0 Å². The molecule has 0 unspecified atom stereocenters. The van der Waals surface area contributed by atoms with Gasteiger partial charge in [0.15, 0.2) is 0 Å². The van der Waals surface area contributed by atoms with Gasteiger partial charge in [0, 0.05) is 27.0 Å². The number of anilines is 1. The Morgan fingerprint density at radius 1 is 0.919 bits per heavy atom. The van der Waals surface area contributed by atoms with Gasteiger partial charge in [-0.15, -0.1) is 0 Å². The molecule has 1 N–H and O–H groups in total. The Kier molecular flexibility index (Phi) is 7.37. The van der Waals surface area contributed by atoms with E-state index in [1.54, 1.807) is 41.3 Å². The maximum absolute atomic E-state index is 14.6. The number of fused-ring (bicyclic) bond motifs is 2. The van der Waals surface area contributed by atoms with Gasteiger partial charge in [-0.05, 0) is 61.7 Å². The zero-order valence-electron chi connectivity index (χ0n) is 20.5. The third kappa shape index (κ3) is 5.59. The number of nitrogens with zero attached hydrogens (tertiary/aromatic N) is 1. The maximum atomic E-state index is 14.6. The summed E-state index contributed by atoms with van der Waals surface area (Å²) >= 11 is 1.48. The van der Waals surface area contributed by atoms with Crippen LogP contribution in [0.15, 0.2) is 107 Å².